The molecule has 0 unspecified atom stereocenters. The number of nitro groups is 1. The zero-order valence-electron chi connectivity index (χ0n) is 19.9. The summed E-state index contributed by atoms with van der Waals surface area (Å²) in [6.45, 7) is 4.06. The van der Waals surface area contributed by atoms with E-state index in [-0.39, 0.29) is 23.5 Å². The maximum absolute atomic E-state index is 10.9. The Morgan fingerprint density at radius 2 is 1.53 bits per heavy atom. The van der Waals surface area contributed by atoms with Crippen molar-refractivity contribution < 1.29 is 9.66 Å². The quantitative estimate of drug-likeness (QED) is 0.163. The summed E-state index contributed by atoms with van der Waals surface area (Å²) in [5, 5.41) is 21.4. The molecule has 4 aromatic rings. The lowest BCUT2D eigenvalue weighted by atomic mass is 10.1. The van der Waals surface area contributed by atoms with Crippen LogP contribution in [0.2, 0.25) is 0 Å². The first-order valence-electron chi connectivity index (χ1n) is 10.9. The van der Waals surface area contributed by atoms with Crippen molar-refractivity contribution in [1.29, 1.82) is 0 Å². The smallest absolute Gasteiger partial charge is 0.269 e. The maximum Gasteiger partial charge on any atom is 0.269 e. The molecule has 3 N–H and O–H groups in total. The Bertz CT molecular complexity index is 1410. The van der Waals surface area contributed by atoms with Gasteiger partial charge >= 0.3 is 0 Å². The fourth-order valence-electron chi connectivity index (χ4n) is 3.17. The van der Waals surface area contributed by atoms with Crippen LogP contribution >= 0.6 is 0 Å². The predicted octanol–water partition coefficient (Wildman–Crippen LogP) is 5.34. The molecule has 0 aliphatic rings. The van der Waals surface area contributed by atoms with E-state index in [0.717, 1.165) is 16.8 Å². The van der Waals surface area contributed by atoms with E-state index in [1.54, 1.807) is 25.5 Å². The highest BCUT2D eigenvalue weighted by Crippen LogP contribution is 2.22. The van der Waals surface area contributed by atoms with Gasteiger partial charge in [-0.25, -0.2) is 5.43 Å². The molecule has 0 saturated heterocycles. The van der Waals surface area contributed by atoms with Crippen molar-refractivity contribution >= 4 is 41.1 Å². The molecule has 1 heterocycles. The second-order valence-corrected chi connectivity index (χ2v) is 7.81. The number of nitro benzene ring substituents is 1. The molecule has 0 aliphatic heterocycles. The number of hydrogen-bond acceptors (Lipinski definition) is 10. The van der Waals surface area contributed by atoms with Crippen LogP contribution in [-0.4, -0.2) is 33.2 Å². The lowest BCUT2D eigenvalue weighted by Gasteiger charge is -2.11. The van der Waals surface area contributed by atoms with Gasteiger partial charge < -0.3 is 15.4 Å². The monoisotopic (exact) mass is 484 g/mol. The number of nitrogens with one attached hydrogen (secondary N) is 3. The number of non-ortho nitro benzene ring substituents is 1. The van der Waals surface area contributed by atoms with E-state index >= 15 is 0 Å². The summed E-state index contributed by atoms with van der Waals surface area (Å²) in [4.78, 5) is 23.7. The van der Waals surface area contributed by atoms with Crippen LogP contribution in [0.4, 0.5) is 34.9 Å². The average Bonchev–Trinajstić information content (AvgIpc) is 2.87. The Morgan fingerprint density at radius 1 is 0.861 bits per heavy atom. The molecule has 1 aromatic heterocycles. The average molecular weight is 485 g/mol. The highest BCUT2D eigenvalue weighted by Gasteiger charge is 2.10. The molecule has 0 fully saturated rings. The molecule has 0 atom stereocenters. The van der Waals surface area contributed by atoms with Gasteiger partial charge in [-0.15, -0.1) is 0 Å². The van der Waals surface area contributed by atoms with E-state index in [0.29, 0.717) is 11.4 Å². The third kappa shape index (κ3) is 6.29. The van der Waals surface area contributed by atoms with Crippen molar-refractivity contribution in [3.8, 4) is 5.75 Å². The molecule has 0 saturated carbocycles. The first-order chi connectivity index (χ1) is 17.4. The van der Waals surface area contributed by atoms with Crippen molar-refractivity contribution in [3.05, 3.63) is 93.5 Å². The van der Waals surface area contributed by atoms with Crippen LogP contribution in [0, 0.1) is 24.0 Å². The largest absolute Gasteiger partial charge is 0.497 e. The maximum atomic E-state index is 10.9. The zero-order chi connectivity index (χ0) is 25.5. The molecule has 36 heavy (non-hydrogen) atoms. The lowest BCUT2D eigenvalue weighted by Crippen LogP contribution is -2.07. The summed E-state index contributed by atoms with van der Waals surface area (Å²) in [5.41, 5.74) is 7.33. The van der Waals surface area contributed by atoms with Crippen LogP contribution in [0.15, 0.2) is 71.8 Å². The number of rotatable bonds is 9. The second kappa shape index (κ2) is 10.9. The van der Waals surface area contributed by atoms with Crippen LogP contribution in [0.3, 0.4) is 0 Å². The normalized spacial score (nSPS) is 10.8. The standard InChI is InChI=1S/C25H24N8O3/c1-16-7-8-20(13-17(16)2)28-24-29-23(27-19-9-11-21(12-10-19)33(34)35)30-25(31-24)32-26-15-18-5-4-6-22(14-18)36-3/h4-15H,1-3H3,(H3,27,28,29,30,31,32)/b26-15-. The van der Waals surface area contributed by atoms with Gasteiger partial charge in [-0.05, 0) is 66.9 Å². The third-order valence-electron chi connectivity index (χ3n) is 5.20. The van der Waals surface area contributed by atoms with Crippen molar-refractivity contribution in [2.45, 2.75) is 13.8 Å². The van der Waals surface area contributed by atoms with Crippen molar-refractivity contribution in [3.63, 3.8) is 0 Å². The van der Waals surface area contributed by atoms with E-state index in [4.69, 9.17) is 4.74 Å². The SMILES string of the molecule is COc1cccc(/C=N\Nc2nc(Nc3ccc([N+](=O)[O-])cc3)nc(Nc3ccc(C)c(C)c3)n2)c1. The zero-order valence-corrected chi connectivity index (χ0v) is 19.9. The first kappa shape index (κ1) is 24.1. The third-order valence-corrected chi connectivity index (χ3v) is 5.20. The fourth-order valence-corrected chi connectivity index (χ4v) is 3.17. The fraction of sp³-hybridized carbons (Fsp3) is 0.120. The summed E-state index contributed by atoms with van der Waals surface area (Å²) >= 11 is 0. The molecule has 0 aliphatic carbocycles. The molecule has 182 valence electrons. The number of hydrazone groups is 1. The van der Waals surface area contributed by atoms with Gasteiger partial charge in [-0.3, -0.25) is 10.1 Å². The predicted molar refractivity (Wildman–Crippen MR) is 140 cm³/mol. The number of nitrogens with zero attached hydrogens (tertiary/aromatic N) is 5. The Kier molecular flexibility index (Phi) is 7.30. The molecule has 0 radical (unpaired) electrons. The minimum absolute atomic E-state index is 0.0115. The van der Waals surface area contributed by atoms with Gasteiger partial charge in [0, 0.05) is 23.5 Å². The Hall–Kier alpha value is -5.06. The van der Waals surface area contributed by atoms with Crippen LogP contribution < -0.4 is 20.8 Å². The summed E-state index contributed by atoms with van der Waals surface area (Å²) in [6, 6.07) is 19.3. The Morgan fingerprint density at radius 3 is 2.19 bits per heavy atom. The van der Waals surface area contributed by atoms with Crippen LogP contribution in [0.1, 0.15) is 16.7 Å². The number of aromatic nitrogens is 3. The molecule has 0 amide bonds. The van der Waals surface area contributed by atoms with Crippen molar-refractivity contribution in [2.24, 2.45) is 5.10 Å². The number of methoxy groups -OCH3 is 1. The van der Waals surface area contributed by atoms with E-state index in [2.05, 4.69) is 36.1 Å². The number of ether oxygens (including phenoxy) is 1. The summed E-state index contributed by atoms with van der Waals surface area (Å²) in [6.07, 6.45) is 1.62. The summed E-state index contributed by atoms with van der Waals surface area (Å²) in [7, 11) is 1.60. The Labute approximate surface area is 207 Å². The van der Waals surface area contributed by atoms with E-state index in [1.807, 2.05) is 56.3 Å². The van der Waals surface area contributed by atoms with Gasteiger partial charge in [0.25, 0.3) is 5.69 Å². The van der Waals surface area contributed by atoms with Crippen molar-refractivity contribution in [1.82, 2.24) is 15.0 Å². The molecule has 4 rings (SSSR count). The molecule has 11 nitrogen and oxygen atoms in total. The molecule has 0 bridgehead atoms. The number of benzene rings is 3. The highest BCUT2D eigenvalue weighted by molar-refractivity contribution is 5.80. The van der Waals surface area contributed by atoms with Gasteiger partial charge in [0.05, 0.1) is 18.2 Å². The molecular formula is C25H24N8O3. The van der Waals surface area contributed by atoms with Crippen LogP contribution in [-0.2, 0) is 0 Å². The number of aryl methyl sites for hydroxylation is 2. The lowest BCUT2D eigenvalue weighted by molar-refractivity contribution is -0.384. The van der Waals surface area contributed by atoms with Gasteiger partial charge in [-0.2, -0.15) is 20.1 Å². The minimum atomic E-state index is -0.458. The van der Waals surface area contributed by atoms with Crippen LogP contribution in [0.5, 0.6) is 5.75 Å². The highest BCUT2D eigenvalue weighted by atomic mass is 16.6. The van der Waals surface area contributed by atoms with Gasteiger partial charge in [0.2, 0.25) is 17.8 Å². The second-order valence-electron chi connectivity index (χ2n) is 7.81. The first-order valence-corrected chi connectivity index (χ1v) is 10.9. The molecular weight excluding hydrogens is 460 g/mol. The number of anilines is 5. The van der Waals surface area contributed by atoms with Gasteiger partial charge in [0.15, 0.2) is 0 Å². The summed E-state index contributed by atoms with van der Waals surface area (Å²) in [5.74, 6) is 1.43. The van der Waals surface area contributed by atoms with E-state index in [1.165, 1.54) is 17.7 Å². The van der Waals surface area contributed by atoms with E-state index < -0.39 is 4.92 Å². The molecule has 11 heteroatoms. The van der Waals surface area contributed by atoms with Crippen molar-refractivity contribution in [2.75, 3.05) is 23.2 Å². The number of hydrogen-bond donors (Lipinski definition) is 3. The van der Waals surface area contributed by atoms with Crippen LogP contribution in [0.25, 0.3) is 0 Å². The molecule has 3 aromatic carbocycles. The Balaban J connectivity index is 1.59. The van der Waals surface area contributed by atoms with Gasteiger partial charge in [-0.1, -0.05) is 18.2 Å². The topological polar surface area (TPSA) is 139 Å². The van der Waals surface area contributed by atoms with E-state index in [9.17, 15) is 10.1 Å². The molecule has 0 spiro atoms. The summed E-state index contributed by atoms with van der Waals surface area (Å²) < 4.78 is 5.23. The van der Waals surface area contributed by atoms with Gasteiger partial charge in [0.1, 0.15) is 5.75 Å². The minimum Gasteiger partial charge on any atom is -0.497 e.